The number of rotatable bonds is 7. The molecule has 8 heteroatoms. The summed E-state index contributed by atoms with van der Waals surface area (Å²) < 4.78 is 32.7. The minimum Gasteiger partial charge on any atom is -0.462 e. The number of nitrogens with one attached hydrogen (secondary N) is 2. The first-order valence-electron chi connectivity index (χ1n) is 8.42. The van der Waals surface area contributed by atoms with E-state index >= 15 is 0 Å². The highest BCUT2D eigenvalue weighted by atomic mass is 35.5. The van der Waals surface area contributed by atoms with Gasteiger partial charge < -0.3 is 10.1 Å². The van der Waals surface area contributed by atoms with E-state index < -0.39 is 16.0 Å². The molecule has 2 N–H and O–H groups in total. The van der Waals surface area contributed by atoms with E-state index in [0.29, 0.717) is 18.0 Å². The Morgan fingerprint density at radius 1 is 1.40 bits per heavy atom. The van der Waals surface area contributed by atoms with Crippen molar-refractivity contribution in [3.05, 3.63) is 29.3 Å². The molecule has 1 aromatic carbocycles. The molecule has 142 valence electrons. The Morgan fingerprint density at radius 2 is 2.16 bits per heavy atom. The van der Waals surface area contributed by atoms with Gasteiger partial charge in [0.05, 0.1) is 17.1 Å². The Labute approximate surface area is 156 Å². The minimum atomic E-state index is -3.64. The van der Waals surface area contributed by atoms with Crippen LogP contribution in [0.25, 0.3) is 0 Å². The summed E-state index contributed by atoms with van der Waals surface area (Å²) >= 11 is 0. The zero-order valence-electron chi connectivity index (χ0n) is 14.7. The summed E-state index contributed by atoms with van der Waals surface area (Å²) in [6.45, 7) is 6.07. The predicted octanol–water partition coefficient (Wildman–Crippen LogP) is 2.26. The van der Waals surface area contributed by atoms with Crippen molar-refractivity contribution in [1.82, 2.24) is 10.0 Å². The van der Waals surface area contributed by atoms with Crippen LogP contribution >= 0.6 is 12.4 Å². The number of benzene rings is 1. The van der Waals surface area contributed by atoms with Gasteiger partial charge in [0.2, 0.25) is 10.0 Å². The molecule has 0 saturated carbocycles. The van der Waals surface area contributed by atoms with Gasteiger partial charge in [-0.05, 0) is 69.8 Å². The van der Waals surface area contributed by atoms with Gasteiger partial charge in [0.25, 0.3) is 0 Å². The maximum Gasteiger partial charge on any atom is 0.338 e. The van der Waals surface area contributed by atoms with E-state index in [1.54, 1.807) is 26.0 Å². The number of piperidine rings is 1. The molecule has 0 spiro atoms. The lowest BCUT2D eigenvalue weighted by Gasteiger charge is -2.22. The third-order valence-corrected chi connectivity index (χ3v) is 5.84. The molecule has 1 unspecified atom stereocenters. The first kappa shape index (κ1) is 21.9. The molecule has 1 aromatic rings. The van der Waals surface area contributed by atoms with E-state index in [0.717, 1.165) is 32.4 Å². The first-order valence-corrected chi connectivity index (χ1v) is 9.90. The Balaban J connectivity index is 0.00000312. The molecule has 0 bridgehead atoms. The number of ether oxygens (including phenoxy) is 1. The van der Waals surface area contributed by atoms with Gasteiger partial charge >= 0.3 is 5.97 Å². The van der Waals surface area contributed by atoms with E-state index in [2.05, 4.69) is 10.0 Å². The number of hydrogen-bond acceptors (Lipinski definition) is 5. The summed E-state index contributed by atoms with van der Waals surface area (Å²) in [6.07, 6.45) is 3.08. The highest BCUT2D eigenvalue weighted by Gasteiger charge is 2.20. The molecule has 1 aliphatic rings. The number of carbonyl (C=O) groups excluding carboxylic acids is 1. The van der Waals surface area contributed by atoms with Crippen LogP contribution < -0.4 is 10.0 Å². The molecule has 1 heterocycles. The quantitative estimate of drug-likeness (QED) is 0.697. The zero-order chi connectivity index (χ0) is 17.6. The largest absolute Gasteiger partial charge is 0.462 e. The highest BCUT2D eigenvalue weighted by Crippen LogP contribution is 2.19. The predicted molar refractivity (Wildman–Crippen MR) is 99.8 cm³/mol. The second kappa shape index (κ2) is 10.1. The summed E-state index contributed by atoms with van der Waals surface area (Å²) in [7, 11) is -3.64. The number of carbonyl (C=O) groups is 1. The lowest BCUT2D eigenvalue weighted by Crippen LogP contribution is -2.33. The fraction of sp³-hybridized carbons (Fsp3) is 0.588. The van der Waals surface area contributed by atoms with Crippen molar-refractivity contribution in [2.75, 3.05) is 26.2 Å². The molecular formula is C17H27ClN2O4S. The normalized spacial score (nSPS) is 17.6. The smallest absolute Gasteiger partial charge is 0.338 e. The molecule has 1 fully saturated rings. The second-order valence-electron chi connectivity index (χ2n) is 6.10. The zero-order valence-corrected chi connectivity index (χ0v) is 16.3. The van der Waals surface area contributed by atoms with Crippen LogP contribution in [0.1, 0.15) is 42.1 Å². The van der Waals surface area contributed by atoms with E-state index in [-0.39, 0.29) is 29.5 Å². The van der Waals surface area contributed by atoms with Crippen molar-refractivity contribution in [2.24, 2.45) is 5.92 Å². The Morgan fingerprint density at radius 3 is 2.80 bits per heavy atom. The van der Waals surface area contributed by atoms with E-state index in [1.807, 2.05) is 0 Å². The van der Waals surface area contributed by atoms with Gasteiger partial charge in [-0.15, -0.1) is 12.4 Å². The maximum atomic E-state index is 12.5. The SMILES string of the molecule is CCOC(=O)c1ccc(C)c(S(=O)(=O)NCCC2CCCNC2)c1.Cl. The molecule has 0 aliphatic carbocycles. The van der Waals surface area contributed by atoms with Gasteiger partial charge in [-0.2, -0.15) is 0 Å². The topological polar surface area (TPSA) is 84.5 Å². The number of sulfonamides is 1. The Kier molecular flexibility index (Phi) is 8.85. The fourth-order valence-electron chi connectivity index (χ4n) is 2.88. The summed E-state index contributed by atoms with van der Waals surface area (Å²) in [6, 6.07) is 4.60. The molecule has 2 rings (SSSR count). The molecule has 6 nitrogen and oxygen atoms in total. The van der Waals surface area contributed by atoms with Crippen molar-refractivity contribution in [2.45, 2.75) is 38.0 Å². The van der Waals surface area contributed by atoms with Crippen LogP contribution in [0, 0.1) is 12.8 Å². The molecule has 1 saturated heterocycles. The minimum absolute atomic E-state index is 0. The van der Waals surface area contributed by atoms with E-state index in [4.69, 9.17) is 4.74 Å². The van der Waals surface area contributed by atoms with Gasteiger partial charge in [0, 0.05) is 6.54 Å². The molecule has 0 amide bonds. The molecular weight excluding hydrogens is 364 g/mol. The second-order valence-corrected chi connectivity index (χ2v) is 7.83. The van der Waals surface area contributed by atoms with Crippen molar-refractivity contribution < 1.29 is 17.9 Å². The lowest BCUT2D eigenvalue weighted by molar-refractivity contribution is 0.0526. The average Bonchev–Trinajstić information content (AvgIpc) is 2.56. The number of esters is 1. The van der Waals surface area contributed by atoms with E-state index in [9.17, 15) is 13.2 Å². The number of halogens is 1. The van der Waals surface area contributed by atoms with E-state index in [1.165, 1.54) is 6.07 Å². The summed E-state index contributed by atoms with van der Waals surface area (Å²) in [4.78, 5) is 11.9. The van der Waals surface area contributed by atoms with Crippen LogP contribution in [0.4, 0.5) is 0 Å². The van der Waals surface area contributed by atoms with Crippen LogP contribution in [0.15, 0.2) is 23.1 Å². The van der Waals surface area contributed by atoms with Crippen LogP contribution in [0.5, 0.6) is 0 Å². The van der Waals surface area contributed by atoms with Gasteiger partial charge in [-0.3, -0.25) is 0 Å². The van der Waals surface area contributed by atoms with Crippen molar-refractivity contribution in [3.8, 4) is 0 Å². The summed E-state index contributed by atoms with van der Waals surface area (Å²) in [5.74, 6) is -0.00403. The standard InChI is InChI=1S/C17H26N2O4S.ClH/c1-3-23-17(20)15-7-6-13(2)16(11-15)24(21,22)19-10-8-14-5-4-9-18-12-14;/h6-7,11,14,18-19H,3-5,8-10,12H2,1-2H3;1H. The highest BCUT2D eigenvalue weighted by molar-refractivity contribution is 7.89. The van der Waals surface area contributed by atoms with Gasteiger partial charge in [0.15, 0.2) is 0 Å². The Bertz CT molecular complexity index is 673. The van der Waals surface area contributed by atoms with Crippen LogP contribution in [0.3, 0.4) is 0 Å². The monoisotopic (exact) mass is 390 g/mol. The molecule has 0 radical (unpaired) electrons. The van der Waals surface area contributed by atoms with Crippen LogP contribution in [0.2, 0.25) is 0 Å². The summed E-state index contributed by atoms with van der Waals surface area (Å²) in [5.41, 5.74) is 0.856. The number of hydrogen-bond donors (Lipinski definition) is 2. The fourth-order valence-corrected chi connectivity index (χ4v) is 4.19. The molecule has 1 aliphatic heterocycles. The van der Waals surface area contributed by atoms with Gasteiger partial charge in [0.1, 0.15) is 0 Å². The van der Waals surface area contributed by atoms with Crippen molar-refractivity contribution >= 4 is 28.4 Å². The van der Waals surface area contributed by atoms with Gasteiger partial charge in [-0.25, -0.2) is 17.9 Å². The first-order chi connectivity index (χ1) is 11.4. The maximum absolute atomic E-state index is 12.5. The van der Waals surface area contributed by atoms with Crippen LogP contribution in [-0.2, 0) is 14.8 Å². The lowest BCUT2D eigenvalue weighted by atomic mass is 9.96. The van der Waals surface area contributed by atoms with Crippen molar-refractivity contribution in [1.29, 1.82) is 0 Å². The van der Waals surface area contributed by atoms with Crippen molar-refractivity contribution in [3.63, 3.8) is 0 Å². The van der Waals surface area contributed by atoms with Crippen LogP contribution in [-0.4, -0.2) is 40.6 Å². The molecule has 25 heavy (non-hydrogen) atoms. The summed E-state index contributed by atoms with van der Waals surface area (Å²) in [5, 5.41) is 3.33. The Hall–Kier alpha value is -1.15. The average molecular weight is 391 g/mol. The number of aryl methyl sites for hydroxylation is 1. The molecule has 1 atom stereocenters. The van der Waals surface area contributed by atoms with Gasteiger partial charge in [-0.1, -0.05) is 6.07 Å². The third kappa shape index (κ3) is 6.26. The molecule has 0 aromatic heterocycles. The third-order valence-electron chi connectivity index (χ3n) is 4.23.